The van der Waals surface area contributed by atoms with Crippen LogP contribution >= 0.6 is 0 Å². The summed E-state index contributed by atoms with van der Waals surface area (Å²) in [6, 6.07) is 5.68. The van der Waals surface area contributed by atoms with E-state index in [4.69, 9.17) is 4.52 Å². The standard InChI is InChI=1S/C11H11FN2O2S/c1-2-10-13-11(16-14-10)7-17(15)9-5-3-4-8(12)6-9/h3-6H,2,7H2,1H3. The molecule has 0 aliphatic heterocycles. The van der Waals surface area contributed by atoms with Crippen molar-refractivity contribution < 1.29 is 13.1 Å². The summed E-state index contributed by atoms with van der Waals surface area (Å²) >= 11 is 0. The first-order chi connectivity index (χ1) is 8.19. The van der Waals surface area contributed by atoms with E-state index in [1.54, 1.807) is 6.07 Å². The molecule has 1 aromatic carbocycles. The van der Waals surface area contributed by atoms with Gasteiger partial charge in [0.1, 0.15) is 11.6 Å². The van der Waals surface area contributed by atoms with Crippen molar-refractivity contribution in [2.24, 2.45) is 0 Å². The number of rotatable bonds is 4. The molecule has 17 heavy (non-hydrogen) atoms. The molecule has 1 unspecified atom stereocenters. The molecule has 0 radical (unpaired) electrons. The van der Waals surface area contributed by atoms with E-state index in [1.807, 2.05) is 6.92 Å². The predicted octanol–water partition coefficient (Wildman–Crippen LogP) is 2.08. The average molecular weight is 254 g/mol. The Morgan fingerprint density at radius 2 is 2.29 bits per heavy atom. The molecule has 0 saturated carbocycles. The molecule has 1 heterocycles. The number of hydrogen-bond acceptors (Lipinski definition) is 4. The van der Waals surface area contributed by atoms with Gasteiger partial charge in [-0.1, -0.05) is 18.1 Å². The van der Waals surface area contributed by atoms with Crippen molar-refractivity contribution in [3.63, 3.8) is 0 Å². The molecule has 0 amide bonds. The molecule has 6 heteroatoms. The number of aromatic nitrogens is 2. The van der Waals surface area contributed by atoms with Crippen molar-refractivity contribution in [1.29, 1.82) is 0 Å². The maximum atomic E-state index is 12.9. The molecule has 0 aliphatic carbocycles. The molecule has 90 valence electrons. The zero-order valence-electron chi connectivity index (χ0n) is 9.22. The van der Waals surface area contributed by atoms with Crippen LogP contribution in [-0.4, -0.2) is 14.3 Å². The minimum absolute atomic E-state index is 0.108. The van der Waals surface area contributed by atoms with Gasteiger partial charge >= 0.3 is 0 Å². The Bertz CT molecular complexity index is 542. The van der Waals surface area contributed by atoms with Gasteiger partial charge < -0.3 is 4.52 Å². The van der Waals surface area contributed by atoms with E-state index in [0.717, 1.165) is 0 Å². The third-order valence-corrected chi connectivity index (χ3v) is 3.43. The van der Waals surface area contributed by atoms with Gasteiger partial charge in [-0.25, -0.2) is 4.39 Å². The van der Waals surface area contributed by atoms with E-state index < -0.39 is 16.6 Å². The molecule has 0 N–H and O–H groups in total. The maximum Gasteiger partial charge on any atom is 0.239 e. The fourth-order valence-electron chi connectivity index (χ4n) is 1.30. The second-order valence-corrected chi connectivity index (χ2v) is 4.86. The second-order valence-electron chi connectivity index (χ2n) is 3.41. The zero-order valence-corrected chi connectivity index (χ0v) is 10.0. The third-order valence-electron chi connectivity index (χ3n) is 2.14. The van der Waals surface area contributed by atoms with Crippen molar-refractivity contribution in [2.45, 2.75) is 24.0 Å². The first kappa shape index (κ1) is 11.9. The van der Waals surface area contributed by atoms with Crippen LogP contribution in [0.5, 0.6) is 0 Å². The molecule has 2 aromatic rings. The van der Waals surface area contributed by atoms with E-state index in [-0.39, 0.29) is 5.75 Å². The van der Waals surface area contributed by atoms with Crippen LogP contribution in [0.3, 0.4) is 0 Å². The summed E-state index contributed by atoms with van der Waals surface area (Å²) in [7, 11) is -1.37. The quantitative estimate of drug-likeness (QED) is 0.838. The van der Waals surface area contributed by atoms with E-state index in [1.165, 1.54) is 18.2 Å². The smallest absolute Gasteiger partial charge is 0.239 e. The van der Waals surface area contributed by atoms with E-state index in [2.05, 4.69) is 10.1 Å². The number of aryl methyl sites for hydroxylation is 1. The van der Waals surface area contributed by atoms with Gasteiger partial charge in [-0.3, -0.25) is 4.21 Å². The van der Waals surface area contributed by atoms with Crippen LogP contribution in [0.25, 0.3) is 0 Å². The molecule has 0 fully saturated rings. The largest absolute Gasteiger partial charge is 0.338 e. The lowest BCUT2D eigenvalue weighted by molar-refractivity contribution is 0.384. The molecule has 0 bridgehead atoms. The lowest BCUT2D eigenvalue weighted by atomic mass is 10.4. The first-order valence-electron chi connectivity index (χ1n) is 5.14. The van der Waals surface area contributed by atoms with Crippen molar-refractivity contribution in [3.8, 4) is 0 Å². The molecule has 1 aromatic heterocycles. The number of benzene rings is 1. The molecule has 4 nitrogen and oxygen atoms in total. The summed E-state index contributed by atoms with van der Waals surface area (Å²) in [4.78, 5) is 4.47. The number of hydrogen-bond donors (Lipinski definition) is 0. The Morgan fingerprint density at radius 1 is 1.47 bits per heavy atom. The number of nitrogens with zero attached hydrogens (tertiary/aromatic N) is 2. The van der Waals surface area contributed by atoms with Crippen LogP contribution in [0, 0.1) is 5.82 Å². The molecule has 0 aliphatic rings. The Balaban J connectivity index is 2.11. The van der Waals surface area contributed by atoms with Crippen LogP contribution < -0.4 is 0 Å². The molecule has 0 saturated heterocycles. The monoisotopic (exact) mass is 254 g/mol. The van der Waals surface area contributed by atoms with Gasteiger partial charge in [0.2, 0.25) is 5.89 Å². The van der Waals surface area contributed by atoms with Gasteiger partial charge in [0.25, 0.3) is 0 Å². The van der Waals surface area contributed by atoms with Crippen molar-refractivity contribution >= 4 is 10.8 Å². The summed E-state index contributed by atoms with van der Waals surface area (Å²) < 4.78 is 29.7. The third kappa shape index (κ3) is 2.97. The Kier molecular flexibility index (Phi) is 3.63. The highest BCUT2D eigenvalue weighted by atomic mass is 32.2. The van der Waals surface area contributed by atoms with Crippen LogP contribution in [0.2, 0.25) is 0 Å². The fourth-order valence-corrected chi connectivity index (χ4v) is 2.28. The predicted molar refractivity (Wildman–Crippen MR) is 60.2 cm³/mol. The summed E-state index contributed by atoms with van der Waals surface area (Å²) in [6.07, 6.45) is 0.663. The highest BCUT2D eigenvalue weighted by Crippen LogP contribution is 2.12. The van der Waals surface area contributed by atoms with E-state index in [0.29, 0.717) is 23.0 Å². The van der Waals surface area contributed by atoms with Gasteiger partial charge in [0.15, 0.2) is 5.82 Å². The van der Waals surface area contributed by atoms with Crippen LogP contribution in [0.15, 0.2) is 33.7 Å². The van der Waals surface area contributed by atoms with Crippen LogP contribution in [0.1, 0.15) is 18.6 Å². The summed E-state index contributed by atoms with van der Waals surface area (Å²) in [5, 5.41) is 3.70. The Labute approximate surface area is 100 Å². The lowest BCUT2D eigenvalue weighted by Crippen LogP contribution is -1.97. The molecule has 1 atom stereocenters. The fraction of sp³-hybridized carbons (Fsp3) is 0.273. The minimum atomic E-state index is -1.37. The van der Waals surface area contributed by atoms with Gasteiger partial charge in [-0.05, 0) is 18.2 Å². The second kappa shape index (κ2) is 5.18. The summed E-state index contributed by atoms with van der Waals surface area (Å²) in [5.74, 6) is 0.590. The molecular weight excluding hydrogens is 243 g/mol. The highest BCUT2D eigenvalue weighted by Gasteiger charge is 2.11. The SMILES string of the molecule is CCc1noc(CS(=O)c2cccc(F)c2)n1. The molecule has 0 spiro atoms. The van der Waals surface area contributed by atoms with Crippen molar-refractivity contribution in [3.05, 3.63) is 41.8 Å². The Morgan fingerprint density at radius 3 is 2.94 bits per heavy atom. The van der Waals surface area contributed by atoms with Gasteiger partial charge in [-0.15, -0.1) is 0 Å². The van der Waals surface area contributed by atoms with Gasteiger partial charge in [0.05, 0.1) is 10.8 Å². The summed E-state index contributed by atoms with van der Waals surface area (Å²) in [6.45, 7) is 1.90. The lowest BCUT2D eigenvalue weighted by Gasteiger charge is -1.98. The number of halogens is 1. The molecular formula is C11H11FN2O2S. The van der Waals surface area contributed by atoms with Crippen molar-refractivity contribution in [2.75, 3.05) is 0 Å². The summed E-state index contributed by atoms with van der Waals surface area (Å²) in [5.41, 5.74) is 0. The van der Waals surface area contributed by atoms with Crippen molar-refractivity contribution in [1.82, 2.24) is 10.1 Å². The highest BCUT2D eigenvalue weighted by molar-refractivity contribution is 7.84. The van der Waals surface area contributed by atoms with Gasteiger partial charge in [0, 0.05) is 11.3 Å². The van der Waals surface area contributed by atoms with Gasteiger partial charge in [-0.2, -0.15) is 4.98 Å². The minimum Gasteiger partial charge on any atom is -0.338 e. The Hall–Kier alpha value is -1.56. The first-order valence-corrected chi connectivity index (χ1v) is 6.46. The average Bonchev–Trinajstić information content (AvgIpc) is 2.77. The van der Waals surface area contributed by atoms with E-state index in [9.17, 15) is 8.60 Å². The normalized spacial score (nSPS) is 12.6. The van der Waals surface area contributed by atoms with Crippen LogP contribution in [0.4, 0.5) is 4.39 Å². The zero-order chi connectivity index (χ0) is 12.3. The topological polar surface area (TPSA) is 56.0 Å². The van der Waals surface area contributed by atoms with Crippen LogP contribution in [-0.2, 0) is 23.0 Å². The molecule has 2 rings (SSSR count). The van der Waals surface area contributed by atoms with E-state index >= 15 is 0 Å². The maximum absolute atomic E-state index is 12.9.